The fourth-order valence-electron chi connectivity index (χ4n) is 3.18. The summed E-state index contributed by atoms with van der Waals surface area (Å²) >= 11 is 0. The van der Waals surface area contributed by atoms with Crippen molar-refractivity contribution >= 4 is 17.7 Å². The first-order chi connectivity index (χ1) is 12.1. The first kappa shape index (κ1) is 15.5. The number of carbonyl (C=O) groups is 3. The van der Waals surface area contributed by atoms with Crippen molar-refractivity contribution in [2.75, 3.05) is 0 Å². The molecule has 1 aromatic carbocycles. The van der Waals surface area contributed by atoms with E-state index in [-0.39, 0.29) is 24.8 Å². The lowest BCUT2D eigenvalue weighted by atomic mass is 10.0. The molecule has 4 rings (SSSR count). The number of nitrogens with zero attached hydrogens (tertiary/aromatic N) is 4. The van der Waals surface area contributed by atoms with Crippen molar-refractivity contribution in [2.24, 2.45) is 0 Å². The predicted octanol–water partition coefficient (Wildman–Crippen LogP) is -0.479. The minimum atomic E-state index is -0.631. The Morgan fingerprint density at radius 2 is 2.12 bits per heavy atom. The van der Waals surface area contributed by atoms with Crippen LogP contribution in [0.4, 0.5) is 0 Å². The van der Waals surface area contributed by atoms with E-state index >= 15 is 0 Å². The number of nitrogens with one attached hydrogen (secondary N) is 1. The maximum absolute atomic E-state index is 12.7. The maximum Gasteiger partial charge on any atom is 0.255 e. The summed E-state index contributed by atoms with van der Waals surface area (Å²) in [4.78, 5) is 37.6. The van der Waals surface area contributed by atoms with Gasteiger partial charge in [0.2, 0.25) is 11.8 Å². The number of hydrogen-bond donors (Lipinski definition) is 2. The van der Waals surface area contributed by atoms with Crippen LogP contribution in [0.5, 0.6) is 0 Å². The molecule has 1 saturated heterocycles. The third kappa shape index (κ3) is 2.58. The summed E-state index contributed by atoms with van der Waals surface area (Å²) < 4.78 is 1.48. The largest absolute Gasteiger partial charge is 0.390 e. The Hall–Kier alpha value is -3.07. The molecule has 0 spiro atoms. The highest BCUT2D eigenvalue weighted by atomic mass is 16.3. The van der Waals surface area contributed by atoms with E-state index in [1.165, 1.54) is 9.58 Å². The molecule has 2 N–H and O–H groups in total. The van der Waals surface area contributed by atoms with Gasteiger partial charge in [-0.15, -0.1) is 5.10 Å². The van der Waals surface area contributed by atoms with E-state index in [1.54, 1.807) is 18.3 Å². The molecule has 0 bridgehead atoms. The van der Waals surface area contributed by atoms with E-state index in [4.69, 9.17) is 5.11 Å². The van der Waals surface area contributed by atoms with Crippen LogP contribution in [0.3, 0.4) is 0 Å². The van der Waals surface area contributed by atoms with Gasteiger partial charge in [-0.05, 0) is 24.1 Å². The molecule has 0 radical (unpaired) electrons. The highest BCUT2D eigenvalue weighted by Gasteiger charge is 2.39. The van der Waals surface area contributed by atoms with Crippen LogP contribution in [0.1, 0.15) is 34.5 Å². The van der Waals surface area contributed by atoms with Crippen molar-refractivity contribution in [1.82, 2.24) is 25.2 Å². The van der Waals surface area contributed by atoms with Gasteiger partial charge in [-0.2, -0.15) is 0 Å². The number of carbonyl (C=O) groups excluding carboxylic acids is 3. The smallest absolute Gasteiger partial charge is 0.255 e. The number of aliphatic hydroxyl groups is 1. The van der Waals surface area contributed by atoms with E-state index in [0.29, 0.717) is 29.9 Å². The van der Waals surface area contributed by atoms with E-state index in [1.807, 2.05) is 6.07 Å². The number of imide groups is 1. The normalized spacial score (nSPS) is 20.0. The van der Waals surface area contributed by atoms with Crippen molar-refractivity contribution in [2.45, 2.75) is 32.0 Å². The Balaban J connectivity index is 1.61. The average molecular weight is 341 g/mol. The Labute approximate surface area is 142 Å². The Morgan fingerprint density at radius 1 is 1.28 bits per heavy atom. The van der Waals surface area contributed by atoms with Crippen molar-refractivity contribution in [3.63, 3.8) is 0 Å². The second-order valence-corrected chi connectivity index (χ2v) is 6.05. The molecule has 9 nitrogen and oxygen atoms in total. The minimum Gasteiger partial charge on any atom is -0.390 e. The zero-order valence-corrected chi connectivity index (χ0v) is 13.2. The van der Waals surface area contributed by atoms with Crippen molar-refractivity contribution < 1.29 is 19.5 Å². The summed E-state index contributed by atoms with van der Waals surface area (Å²) in [5, 5.41) is 19.1. The summed E-state index contributed by atoms with van der Waals surface area (Å²) in [5.74, 6) is -0.978. The molecule has 1 unspecified atom stereocenters. The maximum atomic E-state index is 12.7. The third-order valence-electron chi connectivity index (χ3n) is 4.48. The zero-order valence-electron chi connectivity index (χ0n) is 13.2. The summed E-state index contributed by atoms with van der Waals surface area (Å²) in [7, 11) is 0. The fraction of sp³-hybridized carbons (Fsp3) is 0.312. The first-order valence-corrected chi connectivity index (χ1v) is 7.87. The van der Waals surface area contributed by atoms with Crippen molar-refractivity contribution in [1.29, 1.82) is 0 Å². The second-order valence-electron chi connectivity index (χ2n) is 6.05. The van der Waals surface area contributed by atoms with Gasteiger partial charge in [-0.3, -0.25) is 19.7 Å². The van der Waals surface area contributed by atoms with Crippen molar-refractivity contribution in [3.8, 4) is 5.69 Å². The van der Waals surface area contributed by atoms with Crippen LogP contribution in [0.2, 0.25) is 0 Å². The highest BCUT2D eigenvalue weighted by molar-refractivity contribution is 6.05. The molecule has 0 aliphatic carbocycles. The Morgan fingerprint density at radius 3 is 2.84 bits per heavy atom. The molecule has 0 saturated carbocycles. The quantitative estimate of drug-likeness (QED) is 0.728. The Bertz CT molecular complexity index is 890. The molecule has 3 amide bonds. The van der Waals surface area contributed by atoms with E-state index in [9.17, 15) is 14.4 Å². The van der Waals surface area contributed by atoms with E-state index in [2.05, 4.69) is 15.6 Å². The van der Waals surface area contributed by atoms with Gasteiger partial charge in [-0.1, -0.05) is 11.3 Å². The van der Waals surface area contributed by atoms with E-state index in [0.717, 1.165) is 5.56 Å². The molecule has 9 heteroatoms. The molecule has 3 heterocycles. The number of benzene rings is 1. The number of piperidine rings is 1. The van der Waals surface area contributed by atoms with E-state index < -0.39 is 11.9 Å². The molecule has 1 aromatic heterocycles. The van der Waals surface area contributed by atoms with Gasteiger partial charge in [0.25, 0.3) is 5.91 Å². The molecule has 1 fully saturated rings. The minimum absolute atomic E-state index is 0.215. The SMILES string of the molecule is O=C1CCC(N2Cc3ccc(-n4cc(CO)nn4)cc3C2=O)C(=O)N1. The van der Waals surface area contributed by atoms with Gasteiger partial charge in [0.15, 0.2) is 0 Å². The zero-order chi connectivity index (χ0) is 17.6. The van der Waals surface area contributed by atoms with Gasteiger partial charge >= 0.3 is 0 Å². The number of rotatable bonds is 3. The number of hydrogen-bond acceptors (Lipinski definition) is 6. The summed E-state index contributed by atoms with van der Waals surface area (Å²) in [6, 6.07) is 4.68. The number of aliphatic hydroxyl groups excluding tert-OH is 1. The van der Waals surface area contributed by atoms with Gasteiger partial charge in [0.05, 0.1) is 18.5 Å². The molecule has 25 heavy (non-hydrogen) atoms. The van der Waals surface area contributed by atoms with Crippen molar-refractivity contribution in [3.05, 3.63) is 41.2 Å². The molecule has 2 aliphatic rings. The van der Waals surface area contributed by atoms with Gasteiger partial charge < -0.3 is 10.0 Å². The van der Waals surface area contributed by atoms with Crippen LogP contribution in [0.15, 0.2) is 24.4 Å². The lowest BCUT2D eigenvalue weighted by Gasteiger charge is -2.29. The van der Waals surface area contributed by atoms with Crippen LogP contribution >= 0.6 is 0 Å². The van der Waals surface area contributed by atoms with Crippen LogP contribution < -0.4 is 5.32 Å². The van der Waals surface area contributed by atoms with Crippen LogP contribution in [0, 0.1) is 0 Å². The topological polar surface area (TPSA) is 117 Å². The van der Waals surface area contributed by atoms with Gasteiger partial charge in [-0.25, -0.2) is 4.68 Å². The Kier molecular flexibility index (Phi) is 3.57. The lowest BCUT2D eigenvalue weighted by molar-refractivity contribution is -0.136. The van der Waals surface area contributed by atoms with Crippen LogP contribution in [-0.4, -0.2) is 48.8 Å². The predicted molar refractivity (Wildman–Crippen MR) is 83.3 cm³/mol. The molecular weight excluding hydrogens is 326 g/mol. The first-order valence-electron chi connectivity index (χ1n) is 7.87. The average Bonchev–Trinajstić information content (AvgIpc) is 3.20. The number of fused-ring (bicyclic) bond motifs is 1. The van der Waals surface area contributed by atoms with Crippen LogP contribution in [-0.2, 0) is 22.7 Å². The highest BCUT2D eigenvalue weighted by Crippen LogP contribution is 2.28. The second kappa shape index (κ2) is 5.78. The number of amides is 3. The van der Waals surface area contributed by atoms with Gasteiger partial charge in [0.1, 0.15) is 11.7 Å². The summed E-state index contributed by atoms with van der Waals surface area (Å²) in [6.45, 7) is 0.118. The molecular formula is C16H15N5O4. The lowest BCUT2D eigenvalue weighted by Crippen LogP contribution is -2.52. The van der Waals surface area contributed by atoms with Gasteiger partial charge in [0, 0.05) is 18.5 Å². The van der Waals surface area contributed by atoms with Crippen LogP contribution in [0.25, 0.3) is 5.69 Å². The standard InChI is InChI=1S/C16H15N5O4/c22-8-10-7-21(19-18-10)11-2-1-9-6-20(16(25)12(9)5-11)13-3-4-14(23)17-15(13)24/h1-2,5,7,13,22H,3-4,6,8H2,(H,17,23,24). The number of aromatic nitrogens is 3. The summed E-state index contributed by atoms with van der Waals surface area (Å²) in [6.07, 6.45) is 2.14. The fourth-order valence-corrected chi connectivity index (χ4v) is 3.18. The molecule has 2 aliphatic heterocycles. The monoisotopic (exact) mass is 341 g/mol. The summed E-state index contributed by atoms with van der Waals surface area (Å²) in [5.41, 5.74) is 2.39. The molecule has 2 aromatic rings. The molecule has 128 valence electrons. The third-order valence-corrected chi connectivity index (χ3v) is 4.48. The molecule has 1 atom stereocenters.